The summed E-state index contributed by atoms with van der Waals surface area (Å²) < 4.78 is 5.30. The quantitative estimate of drug-likeness (QED) is 0.852. The lowest BCUT2D eigenvalue weighted by Gasteiger charge is -2.11. The van der Waals surface area contributed by atoms with Crippen molar-refractivity contribution in [2.75, 3.05) is 26.7 Å². The van der Waals surface area contributed by atoms with Crippen LogP contribution in [-0.2, 0) is 6.54 Å². The highest BCUT2D eigenvalue weighted by Crippen LogP contribution is 2.25. The molecule has 0 saturated carbocycles. The van der Waals surface area contributed by atoms with Crippen molar-refractivity contribution in [3.8, 4) is 5.75 Å². The zero-order valence-corrected chi connectivity index (χ0v) is 14.2. The van der Waals surface area contributed by atoms with Gasteiger partial charge in [0.25, 0.3) is 5.91 Å². The van der Waals surface area contributed by atoms with Crippen LogP contribution in [0.25, 0.3) is 0 Å². The minimum Gasteiger partial charge on any atom is -0.496 e. The van der Waals surface area contributed by atoms with Gasteiger partial charge in [-0.2, -0.15) is 5.10 Å². The molecule has 0 bridgehead atoms. The van der Waals surface area contributed by atoms with Crippen LogP contribution in [0.1, 0.15) is 41.0 Å². The van der Waals surface area contributed by atoms with Crippen LogP contribution >= 0.6 is 0 Å². The Balaban J connectivity index is 1.60. The number of ether oxygens (including phenoxy) is 1. The molecule has 0 spiro atoms. The molecule has 1 saturated heterocycles. The van der Waals surface area contributed by atoms with E-state index in [2.05, 4.69) is 27.3 Å². The first-order valence-corrected chi connectivity index (χ1v) is 8.39. The molecule has 24 heavy (non-hydrogen) atoms. The van der Waals surface area contributed by atoms with Gasteiger partial charge in [-0.05, 0) is 31.6 Å². The Morgan fingerprint density at radius 2 is 2.29 bits per heavy atom. The zero-order chi connectivity index (χ0) is 16.9. The maximum atomic E-state index is 12.3. The topological polar surface area (TPSA) is 70.2 Å². The van der Waals surface area contributed by atoms with Gasteiger partial charge in [-0.25, -0.2) is 0 Å². The third kappa shape index (κ3) is 3.59. The lowest BCUT2D eigenvalue weighted by atomic mass is 10.1. The number of aromatic amines is 1. The number of hydrogen-bond donors (Lipinski definition) is 2. The van der Waals surface area contributed by atoms with E-state index in [4.69, 9.17) is 4.74 Å². The number of nitrogens with zero attached hydrogens (tertiary/aromatic N) is 2. The summed E-state index contributed by atoms with van der Waals surface area (Å²) in [4.78, 5) is 14.7. The van der Waals surface area contributed by atoms with Crippen LogP contribution in [0.5, 0.6) is 5.75 Å². The summed E-state index contributed by atoms with van der Waals surface area (Å²) in [7, 11) is 1.63. The van der Waals surface area contributed by atoms with Crippen LogP contribution in [0.2, 0.25) is 0 Å². The van der Waals surface area contributed by atoms with Gasteiger partial charge in [0.2, 0.25) is 0 Å². The standard InChI is InChI=1S/C18H24N4O2/c1-3-22-9-8-14(12-22)15-10-16(21-20-15)18(23)19-11-13-6-4-5-7-17(13)24-2/h4-7,10,14H,3,8-9,11-12H2,1-2H3,(H,19,23)(H,20,21)/t14-/m0/s1. The summed E-state index contributed by atoms with van der Waals surface area (Å²) >= 11 is 0. The maximum absolute atomic E-state index is 12.3. The number of methoxy groups -OCH3 is 1. The molecule has 1 fully saturated rings. The molecule has 6 heteroatoms. The average Bonchev–Trinajstić information content (AvgIpc) is 3.28. The van der Waals surface area contributed by atoms with Crippen molar-refractivity contribution in [3.05, 3.63) is 47.3 Å². The molecule has 2 heterocycles. The Bertz CT molecular complexity index is 698. The lowest BCUT2D eigenvalue weighted by Crippen LogP contribution is -2.23. The number of para-hydroxylation sites is 1. The van der Waals surface area contributed by atoms with Gasteiger partial charge in [0.15, 0.2) is 0 Å². The van der Waals surface area contributed by atoms with Crippen LogP contribution in [0.15, 0.2) is 30.3 Å². The van der Waals surface area contributed by atoms with Gasteiger partial charge in [0.05, 0.1) is 7.11 Å². The minimum absolute atomic E-state index is 0.172. The van der Waals surface area contributed by atoms with E-state index < -0.39 is 0 Å². The van der Waals surface area contributed by atoms with Crippen molar-refractivity contribution in [2.24, 2.45) is 0 Å². The smallest absolute Gasteiger partial charge is 0.272 e. The summed E-state index contributed by atoms with van der Waals surface area (Å²) in [5.41, 5.74) is 2.43. The van der Waals surface area contributed by atoms with Crippen LogP contribution in [-0.4, -0.2) is 47.7 Å². The summed E-state index contributed by atoms with van der Waals surface area (Å²) in [5.74, 6) is 1.04. The molecule has 6 nitrogen and oxygen atoms in total. The second-order valence-corrected chi connectivity index (χ2v) is 6.08. The first-order chi connectivity index (χ1) is 11.7. The molecule has 1 aromatic carbocycles. The summed E-state index contributed by atoms with van der Waals surface area (Å²) in [6, 6.07) is 9.53. The number of aromatic nitrogens is 2. The molecule has 1 atom stereocenters. The van der Waals surface area contributed by atoms with E-state index in [0.29, 0.717) is 18.2 Å². The van der Waals surface area contributed by atoms with Crippen molar-refractivity contribution in [1.29, 1.82) is 0 Å². The Kier molecular flexibility index (Phi) is 5.15. The average molecular weight is 328 g/mol. The minimum atomic E-state index is -0.172. The summed E-state index contributed by atoms with van der Waals surface area (Å²) in [6.07, 6.45) is 1.11. The van der Waals surface area contributed by atoms with Crippen LogP contribution in [0.3, 0.4) is 0 Å². The van der Waals surface area contributed by atoms with Gasteiger partial charge in [-0.1, -0.05) is 25.1 Å². The van der Waals surface area contributed by atoms with Crippen LogP contribution < -0.4 is 10.1 Å². The van der Waals surface area contributed by atoms with E-state index in [1.807, 2.05) is 30.3 Å². The number of H-pyrrole nitrogens is 1. The fourth-order valence-corrected chi connectivity index (χ4v) is 3.15. The Morgan fingerprint density at radius 1 is 1.46 bits per heavy atom. The summed E-state index contributed by atoms with van der Waals surface area (Å²) in [6.45, 7) is 5.79. The van der Waals surface area contributed by atoms with E-state index in [9.17, 15) is 4.79 Å². The van der Waals surface area contributed by atoms with Gasteiger partial charge in [0, 0.05) is 30.3 Å². The molecule has 1 aliphatic heterocycles. The molecule has 1 amide bonds. The number of benzene rings is 1. The molecule has 2 N–H and O–H groups in total. The molecule has 0 radical (unpaired) electrons. The first-order valence-electron chi connectivity index (χ1n) is 8.39. The second kappa shape index (κ2) is 7.49. The van der Waals surface area contributed by atoms with Crippen molar-refractivity contribution in [3.63, 3.8) is 0 Å². The fraction of sp³-hybridized carbons (Fsp3) is 0.444. The molecule has 0 aliphatic carbocycles. The highest BCUT2D eigenvalue weighted by Gasteiger charge is 2.25. The third-order valence-electron chi connectivity index (χ3n) is 4.62. The maximum Gasteiger partial charge on any atom is 0.272 e. The Morgan fingerprint density at radius 3 is 3.04 bits per heavy atom. The van der Waals surface area contributed by atoms with Crippen LogP contribution in [0, 0.1) is 0 Å². The molecule has 1 aromatic heterocycles. The molecule has 2 aromatic rings. The SMILES string of the molecule is CCN1CC[C@H](c2cc(C(=O)NCc3ccccc3OC)n[nH]2)C1. The van der Waals surface area contributed by atoms with Gasteiger partial charge < -0.3 is 15.0 Å². The molecular weight excluding hydrogens is 304 g/mol. The molecule has 128 valence electrons. The number of nitrogens with one attached hydrogen (secondary N) is 2. The van der Waals surface area contributed by atoms with E-state index >= 15 is 0 Å². The highest BCUT2D eigenvalue weighted by molar-refractivity contribution is 5.92. The lowest BCUT2D eigenvalue weighted by molar-refractivity contribution is 0.0945. The van der Waals surface area contributed by atoms with Gasteiger partial charge in [-0.15, -0.1) is 0 Å². The Hall–Kier alpha value is -2.34. The molecule has 1 aliphatic rings. The van der Waals surface area contributed by atoms with E-state index in [1.54, 1.807) is 7.11 Å². The Labute approximate surface area is 142 Å². The highest BCUT2D eigenvalue weighted by atomic mass is 16.5. The number of carbonyl (C=O) groups is 1. The van der Waals surface area contributed by atoms with E-state index in [1.165, 1.54) is 0 Å². The molecular formula is C18H24N4O2. The largest absolute Gasteiger partial charge is 0.496 e. The van der Waals surface area contributed by atoms with Gasteiger partial charge in [0.1, 0.15) is 11.4 Å². The number of carbonyl (C=O) groups excluding carboxylic acids is 1. The summed E-state index contributed by atoms with van der Waals surface area (Å²) in [5, 5.41) is 10.1. The van der Waals surface area contributed by atoms with Crippen molar-refractivity contribution < 1.29 is 9.53 Å². The fourth-order valence-electron chi connectivity index (χ4n) is 3.15. The number of hydrogen-bond acceptors (Lipinski definition) is 4. The third-order valence-corrected chi connectivity index (χ3v) is 4.62. The van der Waals surface area contributed by atoms with E-state index in [-0.39, 0.29) is 5.91 Å². The molecule has 0 unspecified atom stereocenters. The van der Waals surface area contributed by atoms with Crippen molar-refractivity contribution in [2.45, 2.75) is 25.8 Å². The molecule has 3 rings (SSSR count). The van der Waals surface area contributed by atoms with E-state index in [0.717, 1.165) is 43.1 Å². The number of likely N-dealkylation sites (tertiary alicyclic amines) is 1. The monoisotopic (exact) mass is 328 g/mol. The number of likely N-dealkylation sites (N-methyl/N-ethyl adjacent to an activating group) is 1. The zero-order valence-electron chi connectivity index (χ0n) is 14.2. The van der Waals surface area contributed by atoms with Crippen molar-refractivity contribution in [1.82, 2.24) is 20.4 Å². The van der Waals surface area contributed by atoms with Gasteiger partial charge >= 0.3 is 0 Å². The second-order valence-electron chi connectivity index (χ2n) is 6.08. The van der Waals surface area contributed by atoms with Crippen LogP contribution in [0.4, 0.5) is 0 Å². The van der Waals surface area contributed by atoms with Gasteiger partial charge in [-0.3, -0.25) is 9.89 Å². The normalized spacial score (nSPS) is 17.8. The predicted octanol–water partition coefficient (Wildman–Crippen LogP) is 2.16. The number of rotatable bonds is 6. The predicted molar refractivity (Wildman–Crippen MR) is 92.2 cm³/mol. The van der Waals surface area contributed by atoms with Crippen molar-refractivity contribution >= 4 is 5.91 Å². The number of amides is 1. The first kappa shape index (κ1) is 16.5.